The Balaban J connectivity index is 2.73. The summed E-state index contributed by atoms with van der Waals surface area (Å²) in [6.45, 7) is 13.2. The van der Waals surface area contributed by atoms with E-state index in [4.69, 9.17) is 4.98 Å². The monoisotopic (exact) mass is 311 g/mol. The number of anilines is 1. The summed E-state index contributed by atoms with van der Waals surface area (Å²) in [5, 5.41) is 4.77. The molecule has 0 unspecified atom stereocenters. The Morgan fingerprint density at radius 1 is 1.14 bits per heavy atom. The third kappa shape index (κ3) is 6.79. The fourth-order valence-electron chi connectivity index (χ4n) is 2.14. The fourth-order valence-corrected chi connectivity index (χ4v) is 3.18. The number of thiazole rings is 1. The highest BCUT2D eigenvalue weighted by molar-refractivity contribution is 7.15. The zero-order chi connectivity index (χ0) is 15.9. The number of unbranched alkanes of at least 4 members (excludes halogenated alkanes) is 2. The molecule has 0 aliphatic rings. The Bertz CT molecular complexity index is 407. The van der Waals surface area contributed by atoms with Crippen molar-refractivity contribution in [3.63, 3.8) is 0 Å². The van der Waals surface area contributed by atoms with Crippen molar-refractivity contribution in [3.8, 4) is 0 Å². The van der Waals surface area contributed by atoms with Gasteiger partial charge in [-0.2, -0.15) is 0 Å². The minimum atomic E-state index is 0.153. The highest BCUT2D eigenvalue weighted by Gasteiger charge is 2.16. The molecule has 1 heterocycles. The van der Waals surface area contributed by atoms with Crippen molar-refractivity contribution >= 4 is 16.5 Å². The van der Waals surface area contributed by atoms with Gasteiger partial charge >= 0.3 is 0 Å². The predicted molar refractivity (Wildman–Crippen MR) is 95.5 cm³/mol. The molecular weight excluding hydrogens is 278 g/mol. The molecule has 0 aliphatic carbocycles. The highest BCUT2D eigenvalue weighted by atomic mass is 32.1. The molecule has 1 aromatic heterocycles. The van der Waals surface area contributed by atoms with Crippen LogP contribution in [-0.4, -0.2) is 24.1 Å². The molecule has 122 valence electrons. The highest BCUT2D eigenvalue weighted by Crippen LogP contribution is 2.27. The molecule has 1 N–H and O–H groups in total. The summed E-state index contributed by atoms with van der Waals surface area (Å²) in [6.07, 6.45) is 6.07. The maximum atomic E-state index is 4.88. The van der Waals surface area contributed by atoms with E-state index in [1.807, 2.05) is 11.3 Å². The minimum absolute atomic E-state index is 0.153. The smallest absolute Gasteiger partial charge is 0.185 e. The maximum Gasteiger partial charge on any atom is 0.185 e. The topological polar surface area (TPSA) is 28.2 Å². The quantitative estimate of drug-likeness (QED) is 0.675. The minimum Gasteiger partial charge on any atom is -0.351 e. The third-order valence-electron chi connectivity index (χ3n) is 3.46. The van der Waals surface area contributed by atoms with Gasteiger partial charge in [-0.05, 0) is 33.6 Å². The van der Waals surface area contributed by atoms with Gasteiger partial charge in [0.25, 0.3) is 0 Å². The zero-order valence-corrected chi connectivity index (χ0v) is 15.6. The summed E-state index contributed by atoms with van der Waals surface area (Å²) < 4.78 is 0. The van der Waals surface area contributed by atoms with Gasteiger partial charge in [0.2, 0.25) is 0 Å². The second-order valence-corrected chi connectivity index (χ2v) is 7.91. The van der Waals surface area contributed by atoms with Crippen LogP contribution in [0.3, 0.4) is 0 Å². The first kappa shape index (κ1) is 18.4. The average molecular weight is 312 g/mol. The predicted octanol–water partition coefficient (Wildman–Crippen LogP) is 4.61. The molecule has 4 heteroatoms. The second-order valence-electron chi connectivity index (χ2n) is 6.85. The fraction of sp³-hybridized carbons (Fsp3) is 0.824. The molecule has 0 aromatic carbocycles. The zero-order valence-electron chi connectivity index (χ0n) is 14.8. The van der Waals surface area contributed by atoms with E-state index in [9.17, 15) is 0 Å². The summed E-state index contributed by atoms with van der Waals surface area (Å²) in [5.41, 5.74) is 1.44. The van der Waals surface area contributed by atoms with E-state index in [-0.39, 0.29) is 5.54 Å². The second kappa shape index (κ2) is 8.74. The van der Waals surface area contributed by atoms with Crippen molar-refractivity contribution in [1.29, 1.82) is 0 Å². The molecule has 3 nitrogen and oxygen atoms in total. The molecule has 21 heavy (non-hydrogen) atoms. The molecule has 0 radical (unpaired) electrons. The van der Waals surface area contributed by atoms with Gasteiger partial charge in [0, 0.05) is 30.6 Å². The first-order valence-corrected chi connectivity index (χ1v) is 9.13. The summed E-state index contributed by atoms with van der Waals surface area (Å²) in [5.74, 6) is 0. The number of rotatable bonds is 9. The lowest BCUT2D eigenvalue weighted by atomic mass is 10.1. The molecule has 0 bridgehead atoms. The number of nitrogens with zero attached hydrogens (tertiary/aromatic N) is 2. The van der Waals surface area contributed by atoms with Gasteiger partial charge in [0.05, 0.1) is 5.69 Å². The molecule has 0 saturated heterocycles. The van der Waals surface area contributed by atoms with Gasteiger partial charge in [-0.25, -0.2) is 4.98 Å². The molecule has 0 atom stereocenters. The largest absolute Gasteiger partial charge is 0.351 e. The van der Waals surface area contributed by atoms with Crippen LogP contribution in [0.1, 0.15) is 70.9 Å². The lowest BCUT2D eigenvalue weighted by molar-refractivity contribution is 0.425. The SMILES string of the molecule is CCCCCN(C)c1nc(CCC)c(CNC(C)(C)C)s1. The molecular formula is C17H33N3S. The number of aryl methyl sites for hydroxylation is 1. The van der Waals surface area contributed by atoms with Crippen LogP contribution in [0.5, 0.6) is 0 Å². The van der Waals surface area contributed by atoms with Gasteiger partial charge in [-0.1, -0.05) is 33.1 Å². The van der Waals surface area contributed by atoms with E-state index in [1.165, 1.54) is 35.0 Å². The van der Waals surface area contributed by atoms with Crippen LogP contribution in [0, 0.1) is 0 Å². The Hall–Kier alpha value is -0.610. The van der Waals surface area contributed by atoms with Crippen molar-refractivity contribution in [1.82, 2.24) is 10.3 Å². The third-order valence-corrected chi connectivity index (χ3v) is 4.67. The van der Waals surface area contributed by atoms with Crippen LogP contribution in [0.2, 0.25) is 0 Å². The van der Waals surface area contributed by atoms with Crippen LogP contribution < -0.4 is 10.2 Å². The van der Waals surface area contributed by atoms with Crippen LogP contribution in [0.4, 0.5) is 5.13 Å². The summed E-state index contributed by atoms with van der Waals surface area (Å²) in [7, 11) is 2.17. The Kier molecular flexibility index (Phi) is 7.67. The van der Waals surface area contributed by atoms with Gasteiger partial charge in [0.15, 0.2) is 5.13 Å². The van der Waals surface area contributed by atoms with Crippen LogP contribution >= 0.6 is 11.3 Å². The van der Waals surface area contributed by atoms with E-state index >= 15 is 0 Å². The van der Waals surface area contributed by atoms with Gasteiger partial charge in [0.1, 0.15) is 0 Å². The van der Waals surface area contributed by atoms with Crippen molar-refractivity contribution < 1.29 is 0 Å². The van der Waals surface area contributed by atoms with Crippen molar-refractivity contribution in [2.75, 3.05) is 18.5 Å². The number of nitrogens with one attached hydrogen (secondary N) is 1. The van der Waals surface area contributed by atoms with Gasteiger partial charge in [-0.15, -0.1) is 11.3 Å². The number of hydrogen-bond acceptors (Lipinski definition) is 4. The molecule has 1 rings (SSSR count). The lowest BCUT2D eigenvalue weighted by Gasteiger charge is -2.20. The van der Waals surface area contributed by atoms with E-state index in [2.05, 4.69) is 51.9 Å². The molecule has 0 spiro atoms. The number of hydrogen-bond donors (Lipinski definition) is 1. The Morgan fingerprint density at radius 2 is 1.86 bits per heavy atom. The summed E-state index contributed by atoms with van der Waals surface area (Å²) in [4.78, 5) is 8.61. The van der Waals surface area contributed by atoms with Crippen LogP contribution in [0.15, 0.2) is 0 Å². The van der Waals surface area contributed by atoms with E-state index < -0.39 is 0 Å². The van der Waals surface area contributed by atoms with Crippen LogP contribution in [0.25, 0.3) is 0 Å². The number of aromatic nitrogens is 1. The lowest BCUT2D eigenvalue weighted by Crippen LogP contribution is -2.35. The Labute approximate surface area is 135 Å². The van der Waals surface area contributed by atoms with Crippen molar-refractivity contribution in [2.45, 2.75) is 78.8 Å². The van der Waals surface area contributed by atoms with Crippen molar-refractivity contribution in [2.24, 2.45) is 0 Å². The first-order valence-electron chi connectivity index (χ1n) is 8.32. The van der Waals surface area contributed by atoms with Crippen LogP contribution in [-0.2, 0) is 13.0 Å². The van der Waals surface area contributed by atoms with Gasteiger partial charge < -0.3 is 10.2 Å². The molecule has 0 aliphatic heterocycles. The van der Waals surface area contributed by atoms with Crippen molar-refractivity contribution in [3.05, 3.63) is 10.6 Å². The van der Waals surface area contributed by atoms with E-state index in [1.54, 1.807) is 0 Å². The maximum absolute atomic E-state index is 4.88. The summed E-state index contributed by atoms with van der Waals surface area (Å²) in [6, 6.07) is 0. The van der Waals surface area contributed by atoms with E-state index in [0.29, 0.717) is 0 Å². The normalized spacial score (nSPS) is 11.9. The molecule has 0 saturated carbocycles. The standard InChI is InChI=1S/C17H33N3S/c1-7-9-10-12-20(6)16-19-14(11-8-2)15(21-16)13-18-17(3,4)5/h18H,7-13H2,1-6H3. The molecule has 0 fully saturated rings. The van der Waals surface area contributed by atoms with Gasteiger partial charge in [-0.3, -0.25) is 0 Å². The average Bonchev–Trinajstić information content (AvgIpc) is 2.80. The molecule has 1 aromatic rings. The molecule has 0 amide bonds. The van der Waals surface area contributed by atoms with E-state index in [0.717, 1.165) is 25.9 Å². The summed E-state index contributed by atoms with van der Waals surface area (Å²) >= 11 is 1.86. The first-order chi connectivity index (χ1) is 9.87. The Morgan fingerprint density at radius 3 is 2.43 bits per heavy atom.